The second kappa shape index (κ2) is 6.50. The van der Waals surface area contributed by atoms with Gasteiger partial charge >= 0.3 is 0 Å². The summed E-state index contributed by atoms with van der Waals surface area (Å²) >= 11 is 1.73. The molecule has 2 unspecified atom stereocenters. The van der Waals surface area contributed by atoms with Crippen LogP contribution in [-0.4, -0.2) is 38.8 Å². The SMILES string of the molecule is COCC1(C(=O)NC(C)Cc2cccs2)CCNC1. The zero-order chi connectivity index (χ0) is 13.7. The molecule has 2 atom stereocenters. The predicted molar refractivity (Wildman–Crippen MR) is 77.4 cm³/mol. The van der Waals surface area contributed by atoms with Crippen LogP contribution in [0, 0.1) is 5.41 Å². The summed E-state index contributed by atoms with van der Waals surface area (Å²) in [5, 5.41) is 8.46. The van der Waals surface area contributed by atoms with Crippen molar-refractivity contribution in [3.8, 4) is 0 Å². The average Bonchev–Trinajstić information content (AvgIpc) is 3.01. The second-order valence-corrected chi connectivity index (χ2v) is 6.33. The number of amides is 1. The number of ether oxygens (including phenoxy) is 1. The van der Waals surface area contributed by atoms with Gasteiger partial charge in [0.05, 0.1) is 12.0 Å². The van der Waals surface area contributed by atoms with E-state index in [1.54, 1.807) is 18.4 Å². The maximum atomic E-state index is 12.5. The fourth-order valence-electron chi connectivity index (χ4n) is 2.56. The molecule has 0 radical (unpaired) electrons. The van der Waals surface area contributed by atoms with Crippen LogP contribution in [0.15, 0.2) is 17.5 Å². The second-order valence-electron chi connectivity index (χ2n) is 5.30. The Labute approximate surface area is 118 Å². The highest BCUT2D eigenvalue weighted by Crippen LogP contribution is 2.26. The topological polar surface area (TPSA) is 50.4 Å². The zero-order valence-corrected chi connectivity index (χ0v) is 12.4. The van der Waals surface area contributed by atoms with Crippen molar-refractivity contribution in [2.45, 2.75) is 25.8 Å². The Bertz CT molecular complexity index is 400. The molecular formula is C14H22N2O2S. The predicted octanol–water partition coefficient (Wildman–Crippen LogP) is 1.42. The van der Waals surface area contributed by atoms with Crippen LogP contribution in [0.2, 0.25) is 0 Å². The molecule has 0 bridgehead atoms. The minimum atomic E-state index is -0.390. The molecule has 1 aliphatic rings. The van der Waals surface area contributed by atoms with Gasteiger partial charge in [0.25, 0.3) is 0 Å². The lowest BCUT2D eigenvalue weighted by Crippen LogP contribution is -2.48. The molecule has 106 valence electrons. The highest BCUT2D eigenvalue weighted by atomic mass is 32.1. The van der Waals surface area contributed by atoms with Crippen molar-refractivity contribution < 1.29 is 9.53 Å². The van der Waals surface area contributed by atoms with Gasteiger partial charge in [-0.25, -0.2) is 0 Å². The molecule has 1 aromatic heterocycles. The lowest BCUT2D eigenvalue weighted by atomic mass is 9.86. The quantitative estimate of drug-likeness (QED) is 0.830. The van der Waals surface area contributed by atoms with Gasteiger partial charge in [-0.2, -0.15) is 0 Å². The van der Waals surface area contributed by atoms with Crippen molar-refractivity contribution in [2.75, 3.05) is 26.8 Å². The van der Waals surface area contributed by atoms with Crippen molar-refractivity contribution in [1.82, 2.24) is 10.6 Å². The molecule has 1 aliphatic heterocycles. The number of carbonyl (C=O) groups excluding carboxylic acids is 1. The summed E-state index contributed by atoms with van der Waals surface area (Å²) in [6, 6.07) is 4.30. The molecule has 1 aromatic rings. The first-order valence-corrected chi connectivity index (χ1v) is 7.57. The van der Waals surface area contributed by atoms with Crippen LogP contribution in [0.1, 0.15) is 18.2 Å². The number of hydrogen-bond acceptors (Lipinski definition) is 4. The number of rotatable bonds is 6. The Morgan fingerprint density at radius 1 is 1.68 bits per heavy atom. The van der Waals surface area contributed by atoms with E-state index in [4.69, 9.17) is 4.74 Å². The average molecular weight is 282 g/mol. The van der Waals surface area contributed by atoms with Gasteiger partial charge in [0, 0.05) is 31.0 Å². The first kappa shape index (κ1) is 14.5. The molecule has 0 aliphatic carbocycles. The minimum absolute atomic E-state index is 0.114. The fraction of sp³-hybridized carbons (Fsp3) is 0.643. The summed E-state index contributed by atoms with van der Waals surface area (Å²) in [6.45, 7) is 4.13. The summed E-state index contributed by atoms with van der Waals surface area (Å²) in [4.78, 5) is 13.8. The molecular weight excluding hydrogens is 260 g/mol. The highest BCUT2D eigenvalue weighted by Gasteiger charge is 2.41. The van der Waals surface area contributed by atoms with Crippen LogP contribution in [0.4, 0.5) is 0 Å². The standard InChI is InChI=1S/C14H22N2O2S/c1-11(8-12-4-3-7-19-12)16-13(17)14(10-18-2)5-6-15-9-14/h3-4,7,11,15H,5-6,8-10H2,1-2H3,(H,16,17). The zero-order valence-electron chi connectivity index (χ0n) is 11.6. The molecule has 2 N–H and O–H groups in total. The summed E-state index contributed by atoms with van der Waals surface area (Å²) in [7, 11) is 1.66. The third kappa shape index (κ3) is 3.55. The van der Waals surface area contributed by atoms with Crippen LogP contribution in [0.25, 0.3) is 0 Å². The highest BCUT2D eigenvalue weighted by molar-refractivity contribution is 7.09. The normalized spacial score (nSPS) is 24.3. The molecule has 0 aromatic carbocycles. The van der Waals surface area contributed by atoms with Gasteiger partial charge < -0.3 is 15.4 Å². The maximum Gasteiger partial charge on any atom is 0.230 e. The van der Waals surface area contributed by atoms with Crippen molar-refractivity contribution in [2.24, 2.45) is 5.41 Å². The number of carbonyl (C=O) groups is 1. The maximum absolute atomic E-state index is 12.5. The van der Waals surface area contributed by atoms with Crippen LogP contribution in [-0.2, 0) is 16.0 Å². The minimum Gasteiger partial charge on any atom is -0.384 e. The van der Waals surface area contributed by atoms with Gasteiger partial charge in [-0.05, 0) is 31.3 Å². The van der Waals surface area contributed by atoms with Gasteiger partial charge in [0.1, 0.15) is 0 Å². The summed E-state index contributed by atoms with van der Waals surface area (Å²) in [5.74, 6) is 0.114. The van der Waals surface area contributed by atoms with E-state index in [1.165, 1.54) is 4.88 Å². The van der Waals surface area contributed by atoms with Crippen LogP contribution in [0.3, 0.4) is 0 Å². The fourth-order valence-corrected chi connectivity index (χ4v) is 3.40. The van der Waals surface area contributed by atoms with E-state index in [1.807, 2.05) is 6.07 Å². The van der Waals surface area contributed by atoms with Gasteiger partial charge in [-0.3, -0.25) is 4.79 Å². The van der Waals surface area contributed by atoms with Crippen LogP contribution >= 0.6 is 11.3 Å². The van der Waals surface area contributed by atoms with Crippen LogP contribution in [0.5, 0.6) is 0 Å². The summed E-state index contributed by atoms with van der Waals surface area (Å²) in [5.41, 5.74) is -0.390. The lowest BCUT2D eigenvalue weighted by Gasteiger charge is -2.28. The van der Waals surface area contributed by atoms with E-state index in [-0.39, 0.29) is 11.9 Å². The Kier molecular flexibility index (Phi) is 4.96. The third-order valence-corrected chi connectivity index (χ3v) is 4.51. The van der Waals surface area contributed by atoms with Crippen molar-refractivity contribution >= 4 is 17.2 Å². The van der Waals surface area contributed by atoms with Gasteiger partial charge in [-0.15, -0.1) is 11.3 Å². The molecule has 1 saturated heterocycles. The molecule has 2 rings (SSSR count). The molecule has 4 nitrogen and oxygen atoms in total. The molecule has 0 saturated carbocycles. The van der Waals surface area contributed by atoms with E-state index >= 15 is 0 Å². The van der Waals surface area contributed by atoms with E-state index in [2.05, 4.69) is 29.0 Å². The Morgan fingerprint density at radius 2 is 2.53 bits per heavy atom. The summed E-state index contributed by atoms with van der Waals surface area (Å²) in [6.07, 6.45) is 1.73. The van der Waals surface area contributed by atoms with Gasteiger partial charge in [0.15, 0.2) is 0 Å². The monoisotopic (exact) mass is 282 g/mol. The molecule has 19 heavy (non-hydrogen) atoms. The van der Waals surface area contributed by atoms with Crippen molar-refractivity contribution in [3.05, 3.63) is 22.4 Å². The van der Waals surface area contributed by atoms with Gasteiger partial charge in [-0.1, -0.05) is 6.07 Å². The third-order valence-electron chi connectivity index (χ3n) is 3.61. The molecule has 1 amide bonds. The molecule has 5 heteroatoms. The molecule has 0 spiro atoms. The number of hydrogen-bond donors (Lipinski definition) is 2. The molecule has 2 heterocycles. The first-order valence-electron chi connectivity index (χ1n) is 6.69. The van der Waals surface area contributed by atoms with E-state index in [0.717, 1.165) is 19.4 Å². The van der Waals surface area contributed by atoms with Crippen molar-refractivity contribution in [1.29, 1.82) is 0 Å². The number of methoxy groups -OCH3 is 1. The Morgan fingerprint density at radius 3 is 3.11 bits per heavy atom. The largest absolute Gasteiger partial charge is 0.384 e. The first-order chi connectivity index (χ1) is 9.16. The summed E-state index contributed by atoms with van der Waals surface area (Å²) < 4.78 is 5.24. The van der Waals surface area contributed by atoms with Crippen LogP contribution < -0.4 is 10.6 Å². The van der Waals surface area contributed by atoms with E-state index < -0.39 is 5.41 Å². The van der Waals surface area contributed by atoms with E-state index in [0.29, 0.717) is 13.2 Å². The Balaban J connectivity index is 1.91. The van der Waals surface area contributed by atoms with Gasteiger partial charge in [0.2, 0.25) is 5.91 Å². The smallest absolute Gasteiger partial charge is 0.230 e. The number of thiophene rings is 1. The number of nitrogens with one attached hydrogen (secondary N) is 2. The van der Waals surface area contributed by atoms with E-state index in [9.17, 15) is 4.79 Å². The Hall–Kier alpha value is -0.910. The van der Waals surface area contributed by atoms with Crippen molar-refractivity contribution in [3.63, 3.8) is 0 Å². The lowest BCUT2D eigenvalue weighted by molar-refractivity contribution is -0.133. The molecule has 1 fully saturated rings.